The molecular weight excluding hydrogens is 156 g/mol. The molecule has 0 atom stereocenters. The smallest absolute Gasteiger partial charge is 0.221 e. The number of para-hydroxylation sites is 2. The summed E-state index contributed by atoms with van der Waals surface area (Å²) in [6.45, 7) is 0. The summed E-state index contributed by atoms with van der Waals surface area (Å²) >= 11 is 0. The third kappa shape index (κ3) is 4.13. The van der Waals surface area contributed by atoms with E-state index in [4.69, 9.17) is 16.3 Å². The van der Waals surface area contributed by atoms with Crippen molar-refractivity contribution in [3.05, 3.63) is 24.3 Å². The monoisotopic (exact) mass is 168 g/mol. The molecule has 0 spiro atoms. The topological polar surface area (TPSA) is 107 Å². The van der Waals surface area contributed by atoms with E-state index in [0.29, 0.717) is 17.8 Å². The molecule has 1 amide bonds. The second-order valence-corrected chi connectivity index (χ2v) is 1.91. The summed E-state index contributed by atoms with van der Waals surface area (Å²) in [5.41, 5.74) is 13.8. The summed E-state index contributed by atoms with van der Waals surface area (Å²) in [5, 5.41) is 0. The number of benzene rings is 1. The SMILES string of the molecule is NNC=O.Nc1ccccc1N. The van der Waals surface area contributed by atoms with Crippen molar-refractivity contribution in [2.24, 2.45) is 5.84 Å². The zero-order valence-corrected chi connectivity index (χ0v) is 6.53. The first-order chi connectivity index (χ1) is 5.72. The molecule has 7 N–H and O–H groups in total. The van der Waals surface area contributed by atoms with E-state index in [2.05, 4.69) is 5.84 Å². The maximum atomic E-state index is 8.94. The van der Waals surface area contributed by atoms with E-state index in [1.54, 1.807) is 17.6 Å². The van der Waals surface area contributed by atoms with E-state index in [0.717, 1.165) is 0 Å². The molecule has 0 aliphatic carbocycles. The van der Waals surface area contributed by atoms with E-state index in [1.807, 2.05) is 12.1 Å². The van der Waals surface area contributed by atoms with E-state index in [1.165, 1.54) is 0 Å². The van der Waals surface area contributed by atoms with Crippen LogP contribution in [0.25, 0.3) is 0 Å². The highest BCUT2D eigenvalue weighted by atomic mass is 16.1. The Balaban J connectivity index is 0.000000261. The van der Waals surface area contributed by atoms with Crippen LogP contribution in [0.2, 0.25) is 0 Å². The highest BCUT2D eigenvalue weighted by Crippen LogP contribution is 2.10. The minimum atomic E-state index is 0.403. The van der Waals surface area contributed by atoms with Gasteiger partial charge in [0.15, 0.2) is 0 Å². The Kier molecular flexibility index (Phi) is 5.12. The molecule has 1 aromatic rings. The third-order valence-corrected chi connectivity index (χ3v) is 1.06. The first-order valence-corrected chi connectivity index (χ1v) is 3.22. The Morgan fingerprint density at radius 3 is 1.67 bits per heavy atom. The fraction of sp³-hybridized carbons (Fsp3) is 0. The minimum Gasteiger partial charge on any atom is -0.397 e. The van der Waals surface area contributed by atoms with Crippen LogP contribution in [0.5, 0.6) is 0 Å². The first-order valence-electron chi connectivity index (χ1n) is 3.22. The van der Waals surface area contributed by atoms with E-state index < -0.39 is 0 Å². The minimum absolute atomic E-state index is 0.403. The molecule has 0 aliphatic rings. The number of amides is 1. The Bertz CT molecular complexity index is 218. The van der Waals surface area contributed by atoms with Crippen molar-refractivity contribution in [1.29, 1.82) is 0 Å². The molecule has 66 valence electrons. The predicted octanol–water partition coefficient (Wildman–Crippen LogP) is -0.543. The van der Waals surface area contributed by atoms with Gasteiger partial charge < -0.3 is 11.5 Å². The first kappa shape index (κ1) is 10.2. The Labute approximate surface area is 70.5 Å². The molecule has 0 fully saturated rings. The van der Waals surface area contributed by atoms with Gasteiger partial charge in [-0.3, -0.25) is 10.2 Å². The second kappa shape index (κ2) is 5.99. The maximum absolute atomic E-state index is 8.94. The molecule has 0 saturated carbocycles. The van der Waals surface area contributed by atoms with Crippen molar-refractivity contribution < 1.29 is 4.79 Å². The molecule has 5 nitrogen and oxygen atoms in total. The van der Waals surface area contributed by atoms with Gasteiger partial charge in [0.2, 0.25) is 6.41 Å². The zero-order chi connectivity index (χ0) is 9.40. The van der Waals surface area contributed by atoms with Crippen LogP contribution in [0.3, 0.4) is 0 Å². The normalized spacial score (nSPS) is 7.75. The average molecular weight is 168 g/mol. The number of hydrazine groups is 1. The number of nitrogens with two attached hydrogens (primary N) is 3. The molecule has 0 heterocycles. The van der Waals surface area contributed by atoms with Gasteiger partial charge in [-0.15, -0.1) is 0 Å². The lowest BCUT2D eigenvalue weighted by Gasteiger charge is -1.94. The summed E-state index contributed by atoms with van der Waals surface area (Å²) in [5.74, 6) is 4.41. The van der Waals surface area contributed by atoms with Crippen molar-refractivity contribution in [2.45, 2.75) is 0 Å². The molecule has 1 aromatic carbocycles. The molecule has 0 bridgehead atoms. The van der Waals surface area contributed by atoms with Crippen LogP contribution in [0.4, 0.5) is 11.4 Å². The van der Waals surface area contributed by atoms with Crippen molar-refractivity contribution in [1.82, 2.24) is 5.43 Å². The van der Waals surface area contributed by atoms with E-state index in [-0.39, 0.29) is 0 Å². The predicted molar refractivity (Wildman–Crippen MR) is 48.7 cm³/mol. The van der Waals surface area contributed by atoms with E-state index >= 15 is 0 Å². The van der Waals surface area contributed by atoms with Crippen LogP contribution in [-0.4, -0.2) is 6.41 Å². The number of rotatable bonds is 1. The number of nitrogen functional groups attached to an aromatic ring is 2. The molecule has 0 unspecified atom stereocenters. The summed E-state index contributed by atoms with van der Waals surface area (Å²) < 4.78 is 0. The molecule has 0 radical (unpaired) electrons. The van der Waals surface area contributed by atoms with Gasteiger partial charge in [0, 0.05) is 0 Å². The summed E-state index contributed by atoms with van der Waals surface area (Å²) in [6.07, 6.45) is 0.403. The maximum Gasteiger partial charge on any atom is 0.221 e. The molecule has 0 aliphatic heterocycles. The standard InChI is InChI=1S/C6H8N2.CH4N2O/c7-5-3-1-2-4-6(5)8;2-3-1-4/h1-4H,7-8H2;1H,2H2,(H,3,4). The van der Waals surface area contributed by atoms with Gasteiger partial charge in [0.1, 0.15) is 0 Å². The largest absolute Gasteiger partial charge is 0.397 e. The lowest BCUT2D eigenvalue weighted by atomic mass is 10.3. The number of carbonyl (C=O) groups excluding carboxylic acids is 1. The highest BCUT2D eigenvalue weighted by molar-refractivity contribution is 5.62. The van der Waals surface area contributed by atoms with Crippen LogP contribution in [-0.2, 0) is 4.79 Å². The lowest BCUT2D eigenvalue weighted by molar-refractivity contribution is -0.109. The highest BCUT2D eigenvalue weighted by Gasteiger charge is 1.85. The quantitative estimate of drug-likeness (QED) is 0.148. The van der Waals surface area contributed by atoms with Gasteiger partial charge in [0.05, 0.1) is 11.4 Å². The molecule has 5 heteroatoms. The van der Waals surface area contributed by atoms with Crippen LogP contribution < -0.4 is 22.7 Å². The van der Waals surface area contributed by atoms with Crippen LogP contribution in [0.1, 0.15) is 0 Å². The summed E-state index contributed by atoms with van der Waals surface area (Å²) in [7, 11) is 0. The molecule has 0 aromatic heterocycles. The summed E-state index contributed by atoms with van der Waals surface area (Å²) in [4.78, 5) is 8.94. The van der Waals surface area contributed by atoms with Crippen molar-refractivity contribution in [2.75, 3.05) is 11.5 Å². The van der Waals surface area contributed by atoms with Gasteiger partial charge in [-0.05, 0) is 12.1 Å². The van der Waals surface area contributed by atoms with E-state index in [9.17, 15) is 0 Å². The Morgan fingerprint density at radius 2 is 1.50 bits per heavy atom. The fourth-order valence-electron chi connectivity index (χ4n) is 0.511. The third-order valence-electron chi connectivity index (χ3n) is 1.06. The molecule has 0 saturated heterocycles. The number of carbonyl (C=O) groups is 1. The van der Waals surface area contributed by atoms with Gasteiger partial charge in [-0.2, -0.15) is 0 Å². The Morgan fingerprint density at radius 1 is 1.17 bits per heavy atom. The van der Waals surface area contributed by atoms with Crippen molar-refractivity contribution in [3.8, 4) is 0 Å². The second-order valence-electron chi connectivity index (χ2n) is 1.91. The van der Waals surface area contributed by atoms with Gasteiger partial charge in [-0.1, -0.05) is 12.1 Å². The summed E-state index contributed by atoms with van der Waals surface area (Å²) in [6, 6.07) is 7.25. The lowest BCUT2D eigenvalue weighted by Crippen LogP contribution is -2.18. The fourth-order valence-corrected chi connectivity index (χ4v) is 0.511. The van der Waals surface area contributed by atoms with Crippen molar-refractivity contribution in [3.63, 3.8) is 0 Å². The Hall–Kier alpha value is -1.75. The average Bonchev–Trinajstić information content (AvgIpc) is 2.11. The van der Waals surface area contributed by atoms with Gasteiger partial charge in [-0.25, -0.2) is 5.84 Å². The number of nitrogens with one attached hydrogen (secondary N) is 1. The van der Waals surface area contributed by atoms with Crippen LogP contribution in [0, 0.1) is 0 Å². The number of anilines is 2. The molecule has 1 rings (SSSR count). The van der Waals surface area contributed by atoms with Crippen LogP contribution >= 0.6 is 0 Å². The van der Waals surface area contributed by atoms with Gasteiger partial charge in [0.25, 0.3) is 0 Å². The van der Waals surface area contributed by atoms with Gasteiger partial charge >= 0.3 is 0 Å². The molecule has 12 heavy (non-hydrogen) atoms. The van der Waals surface area contributed by atoms with Crippen LogP contribution in [0.15, 0.2) is 24.3 Å². The number of hydrogen-bond acceptors (Lipinski definition) is 4. The van der Waals surface area contributed by atoms with Crippen molar-refractivity contribution >= 4 is 17.8 Å². The molecular formula is C7H12N4O. The number of hydrogen-bond donors (Lipinski definition) is 4. The zero-order valence-electron chi connectivity index (χ0n) is 6.53.